The lowest BCUT2D eigenvalue weighted by Crippen LogP contribution is -2.01. The number of aromatic nitrogens is 4. The van der Waals surface area contributed by atoms with E-state index in [4.69, 9.17) is 5.73 Å². The lowest BCUT2D eigenvalue weighted by molar-refractivity contribution is 0.926. The zero-order valence-electron chi connectivity index (χ0n) is 8.08. The molecule has 0 spiro atoms. The van der Waals surface area contributed by atoms with Crippen molar-refractivity contribution < 1.29 is 0 Å². The molecule has 6 heteroatoms. The molecule has 2 aromatic rings. The Morgan fingerprint density at radius 3 is 2.80 bits per heavy atom. The smallest absolute Gasteiger partial charge is 0.224 e. The molecule has 76 valence electrons. The lowest BCUT2D eigenvalue weighted by Gasteiger charge is -2.01. The van der Waals surface area contributed by atoms with Crippen LogP contribution in [0.25, 0.3) is 11.4 Å². The molecule has 0 aliphatic heterocycles. The first-order valence-electron chi connectivity index (χ1n) is 4.25. The van der Waals surface area contributed by atoms with Crippen molar-refractivity contribution in [3.8, 4) is 11.4 Å². The molecule has 2 N–H and O–H groups in total. The van der Waals surface area contributed by atoms with Gasteiger partial charge in [0, 0.05) is 18.0 Å². The SMILES string of the molecule is CSc1nc(N)nc(-c2cccnc2)n1. The van der Waals surface area contributed by atoms with Crippen LogP contribution in [0, 0.1) is 0 Å². The Hall–Kier alpha value is -1.69. The maximum absolute atomic E-state index is 5.58. The number of thioether (sulfide) groups is 1. The number of nitrogen functional groups attached to an aromatic ring is 1. The summed E-state index contributed by atoms with van der Waals surface area (Å²) in [5.41, 5.74) is 6.41. The summed E-state index contributed by atoms with van der Waals surface area (Å²) in [5, 5.41) is 0.612. The van der Waals surface area contributed by atoms with Gasteiger partial charge in [-0.25, -0.2) is 4.98 Å². The molecule has 0 saturated carbocycles. The molecule has 2 rings (SSSR count). The number of nitrogens with two attached hydrogens (primary N) is 1. The molecule has 0 amide bonds. The number of hydrogen-bond acceptors (Lipinski definition) is 6. The Morgan fingerprint density at radius 1 is 1.27 bits per heavy atom. The molecule has 0 bridgehead atoms. The van der Waals surface area contributed by atoms with Gasteiger partial charge in [-0.2, -0.15) is 9.97 Å². The van der Waals surface area contributed by atoms with E-state index < -0.39 is 0 Å². The molecular formula is C9H9N5S. The Morgan fingerprint density at radius 2 is 2.13 bits per heavy atom. The summed E-state index contributed by atoms with van der Waals surface area (Å²) in [6.45, 7) is 0. The topological polar surface area (TPSA) is 77.6 Å². The van der Waals surface area contributed by atoms with E-state index in [0.29, 0.717) is 11.0 Å². The van der Waals surface area contributed by atoms with Gasteiger partial charge in [-0.05, 0) is 18.4 Å². The number of hydrogen-bond donors (Lipinski definition) is 1. The molecule has 2 aromatic heterocycles. The summed E-state index contributed by atoms with van der Waals surface area (Å²) in [6, 6.07) is 3.71. The second kappa shape index (κ2) is 4.22. The summed E-state index contributed by atoms with van der Waals surface area (Å²) in [4.78, 5) is 16.3. The van der Waals surface area contributed by atoms with E-state index in [9.17, 15) is 0 Å². The van der Waals surface area contributed by atoms with Gasteiger partial charge in [0.15, 0.2) is 11.0 Å². The molecule has 0 aromatic carbocycles. The van der Waals surface area contributed by atoms with Gasteiger partial charge in [0.25, 0.3) is 0 Å². The maximum Gasteiger partial charge on any atom is 0.224 e. The van der Waals surface area contributed by atoms with Gasteiger partial charge in [0.2, 0.25) is 5.95 Å². The first kappa shape index (κ1) is 9.85. The third-order valence-electron chi connectivity index (χ3n) is 1.73. The monoisotopic (exact) mass is 219 g/mol. The van der Waals surface area contributed by atoms with Gasteiger partial charge in [-0.3, -0.25) is 4.98 Å². The lowest BCUT2D eigenvalue weighted by atomic mass is 10.3. The van der Waals surface area contributed by atoms with Crippen molar-refractivity contribution in [3.05, 3.63) is 24.5 Å². The van der Waals surface area contributed by atoms with Crippen molar-refractivity contribution in [1.82, 2.24) is 19.9 Å². The van der Waals surface area contributed by atoms with Crippen molar-refractivity contribution in [2.24, 2.45) is 0 Å². The van der Waals surface area contributed by atoms with E-state index in [-0.39, 0.29) is 5.95 Å². The zero-order chi connectivity index (χ0) is 10.7. The highest BCUT2D eigenvalue weighted by molar-refractivity contribution is 7.98. The van der Waals surface area contributed by atoms with Crippen LogP contribution in [-0.4, -0.2) is 26.2 Å². The Labute approximate surface area is 91.2 Å². The van der Waals surface area contributed by atoms with Crippen LogP contribution in [0.2, 0.25) is 0 Å². The van der Waals surface area contributed by atoms with Crippen LogP contribution in [0.4, 0.5) is 5.95 Å². The number of rotatable bonds is 2. The maximum atomic E-state index is 5.58. The van der Waals surface area contributed by atoms with Crippen LogP contribution in [0.1, 0.15) is 0 Å². The molecule has 0 saturated heterocycles. The average Bonchev–Trinajstić information content (AvgIpc) is 2.29. The molecule has 0 radical (unpaired) electrons. The van der Waals surface area contributed by atoms with Crippen LogP contribution in [0.5, 0.6) is 0 Å². The molecule has 0 fully saturated rings. The molecule has 0 aliphatic carbocycles. The van der Waals surface area contributed by atoms with E-state index in [1.54, 1.807) is 12.4 Å². The van der Waals surface area contributed by atoms with Crippen LogP contribution < -0.4 is 5.73 Å². The van der Waals surface area contributed by atoms with E-state index in [1.165, 1.54) is 11.8 Å². The number of pyridine rings is 1. The van der Waals surface area contributed by atoms with Crippen molar-refractivity contribution in [1.29, 1.82) is 0 Å². The van der Waals surface area contributed by atoms with Crippen molar-refractivity contribution in [3.63, 3.8) is 0 Å². The van der Waals surface area contributed by atoms with Crippen LogP contribution >= 0.6 is 11.8 Å². The van der Waals surface area contributed by atoms with Gasteiger partial charge in [-0.1, -0.05) is 11.8 Å². The highest BCUT2D eigenvalue weighted by Gasteiger charge is 2.05. The first-order chi connectivity index (χ1) is 7.29. The van der Waals surface area contributed by atoms with Gasteiger partial charge >= 0.3 is 0 Å². The van der Waals surface area contributed by atoms with E-state index >= 15 is 0 Å². The third-order valence-corrected chi connectivity index (χ3v) is 2.28. The summed E-state index contributed by atoms with van der Waals surface area (Å²) < 4.78 is 0. The van der Waals surface area contributed by atoms with Gasteiger partial charge in [0.05, 0.1) is 0 Å². The Kier molecular flexibility index (Phi) is 2.77. The van der Waals surface area contributed by atoms with E-state index in [2.05, 4.69) is 19.9 Å². The van der Waals surface area contributed by atoms with E-state index in [0.717, 1.165) is 5.56 Å². The Bertz CT molecular complexity index is 459. The quantitative estimate of drug-likeness (QED) is 0.765. The fraction of sp³-hybridized carbons (Fsp3) is 0.111. The fourth-order valence-corrected chi connectivity index (χ4v) is 1.45. The predicted molar refractivity (Wildman–Crippen MR) is 59.3 cm³/mol. The minimum absolute atomic E-state index is 0.230. The summed E-state index contributed by atoms with van der Waals surface area (Å²) in [7, 11) is 0. The highest BCUT2D eigenvalue weighted by Crippen LogP contribution is 2.17. The van der Waals surface area contributed by atoms with Crippen molar-refractivity contribution in [2.75, 3.05) is 12.0 Å². The second-order valence-electron chi connectivity index (χ2n) is 2.75. The zero-order valence-corrected chi connectivity index (χ0v) is 8.90. The van der Waals surface area contributed by atoms with Gasteiger partial charge < -0.3 is 5.73 Å². The van der Waals surface area contributed by atoms with Gasteiger partial charge in [0.1, 0.15) is 0 Å². The predicted octanol–water partition coefficient (Wildman–Crippen LogP) is 1.24. The van der Waals surface area contributed by atoms with Gasteiger partial charge in [-0.15, -0.1) is 0 Å². The molecule has 0 unspecified atom stereocenters. The molecule has 0 aliphatic rings. The number of nitrogens with zero attached hydrogens (tertiary/aromatic N) is 4. The second-order valence-corrected chi connectivity index (χ2v) is 3.52. The molecular weight excluding hydrogens is 210 g/mol. The molecule has 2 heterocycles. The van der Waals surface area contributed by atoms with Crippen LogP contribution in [0.3, 0.4) is 0 Å². The van der Waals surface area contributed by atoms with Crippen LogP contribution in [-0.2, 0) is 0 Å². The first-order valence-corrected chi connectivity index (χ1v) is 5.48. The summed E-state index contributed by atoms with van der Waals surface area (Å²) >= 11 is 1.43. The largest absolute Gasteiger partial charge is 0.368 e. The average molecular weight is 219 g/mol. The molecule has 15 heavy (non-hydrogen) atoms. The van der Waals surface area contributed by atoms with Crippen molar-refractivity contribution >= 4 is 17.7 Å². The summed E-state index contributed by atoms with van der Waals surface area (Å²) in [5.74, 6) is 0.785. The molecule has 5 nitrogen and oxygen atoms in total. The minimum Gasteiger partial charge on any atom is -0.368 e. The number of anilines is 1. The third kappa shape index (κ3) is 2.21. The molecule has 0 atom stereocenters. The summed E-state index contributed by atoms with van der Waals surface area (Å²) in [6.07, 6.45) is 5.28. The fourth-order valence-electron chi connectivity index (χ4n) is 1.09. The minimum atomic E-state index is 0.230. The normalized spacial score (nSPS) is 10.2. The standard InChI is InChI=1S/C9H9N5S/c1-15-9-13-7(12-8(10)14-9)6-3-2-4-11-5-6/h2-5H,1H3,(H2,10,12,13,14). The van der Waals surface area contributed by atoms with E-state index in [1.807, 2.05) is 18.4 Å². The van der Waals surface area contributed by atoms with Crippen LogP contribution in [0.15, 0.2) is 29.7 Å². The highest BCUT2D eigenvalue weighted by atomic mass is 32.2. The van der Waals surface area contributed by atoms with Crippen molar-refractivity contribution in [2.45, 2.75) is 5.16 Å². The Balaban J connectivity index is 2.49.